The molecule has 0 atom stereocenters. The number of hydrogen-bond acceptors (Lipinski definition) is 5. The van der Waals surface area contributed by atoms with Gasteiger partial charge in [-0.2, -0.15) is 10.2 Å². The van der Waals surface area contributed by atoms with E-state index in [9.17, 15) is 4.79 Å². The molecule has 0 aliphatic rings. The predicted octanol–water partition coefficient (Wildman–Crippen LogP) is 9.55. The largest absolute Gasteiger partial charge is 0.426 e. The number of benzene rings is 4. The van der Waals surface area contributed by atoms with Gasteiger partial charge in [-0.15, -0.1) is 0 Å². The quantitative estimate of drug-likeness (QED) is 0.147. The summed E-state index contributed by atoms with van der Waals surface area (Å²) in [5.41, 5.74) is 3.67. The van der Waals surface area contributed by atoms with Gasteiger partial charge in [-0.3, -0.25) is 4.79 Å². The second-order valence-electron chi connectivity index (χ2n) is 10.5. The third-order valence-electron chi connectivity index (χ3n) is 6.85. The van der Waals surface area contributed by atoms with Crippen molar-refractivity contribution in [2.45, 2.75) is 34.6 Å². The van der Waals surface area contributed by atoms with Gasteiger partial charge in [-0.05, 0) is 92.1 Å². The molecule has 5 heteroatoms. The minimum Gasteiger partial charge on any atom is -0.426 e. The van der Waals surface area contributed by atoms with Crippen molar-refractivity contribution in [1.29, 1.82) is 0 Å². The van der Waals surface area contributed by atoms with Crippen LogP contribution >= 0.6 is 0 Å². The van der Waals surface area contributed by atoms with Crippen LogP contribution in [0.1, 0.15) is 34.6 Å². The highest BCUT2D eigenvalue weighted by Crippen LogP contribution is 2.40. The Bertz CT molecular complexity index is 1340. The third kappa shape index (κ3) is 6.12. The van der Waals surface area contributed by atoms with E-state index >= 15 is 0 Å². The van der Waals surface area contributed by atoms with Gasteiger partial charge in [0.15, 0.2) is 0 Å². The van der Waals surface area contributed by atoms with Gasteiger partial charge in [0.25, 0.3) is 0 Å². The van der Waals surface area contributed by atoms with Gasteiger partial charge in [0.05, 0.1) is 16.8 Å². The van der Waals surface area contributed by atoms with E-state index in [2.05, 4.69) is 27.3 Å². The SMILES string of the molecule is CC(C)(C)C(C)(C)C(=O)Oc1ccc(N(c2ccccc2)c2ccc(N=Nc3ccccc3)cc2)cc1. The van der Waals surface area contributed by atoms with Crippen LogP contribution in [0.2, 0.25) is 0 Å². The first-order chi connectivity index (χ1) is 17.6. The average molecular weight is 492 g/mol. The molecule has 188 valence electrons. The summed E-state index contributed by atoms with van der Waals surface area (Å²) in [6, 6.07) is 35.3. The van der Waals surface area contributed by atoms with Crippen LogP contribution in [0.15, 0.2) is 119 Å². The van der Waals surface area contributed by atoms with E-state index in [1.165, 1.54) is 0 Å². The standard InChI is InChI=1S/C32H33N3O2/c1-31(2,3)32(4,5)30(36)37-29-22-20-28(21-23-29)35(26-14-10-7-11-15-26)27-18-16-25(17-19-27)34-33-24-12-8-6-9-13-24/h6-23H,1-5H3. The van der Waals surface area contributed by atoms with Crippen LogP contribution in [-0.4, -0.2) is 5.97 Å². The molecular weight excluding hydrogens is 458 g/mol. The molecule has 5 nitrogen and oxygen atoms in total. The highest BCUT2D eigenvalue weighted by molar-refractivity contribution is 5.80. The zero-order chi connectivity index (χ0) is 26.5. The molecule has 0 unspecified atom stereocenters. The summed E-state index contributed by atoms with van der Waals surface area (Å²) in [6.45, 7) is 9.98. The van der Waals surface area contributed by atoms with Gasteiger partial charge >= 0.3 is 5.97 Å². The number of esters is 1. The minimum atomic E-state index is -0.624. The Balaban J connectivity index is 1.58. The van der Waals surface area contributed by atoms with E-state index in [0.717, 1.165) is 28.4 Å². The summed E-state index contributed by atoms with van der Waals surface area (Å²) < 4.78 is 5.75. The molecule has 0 heterocycles. The van der Waals surface area contributed by atoms with Crippen molar-refractivity contribution in [2.75, 3.05) is 4.90 Å². The van der Waals surface area contributed by atoms with Gasteiger partial charge in [-0.25, -0.2) is 0 Å². The van der Waals surface area contributed by atoms with Crippen molar-refractivity contribution in [3.63, 3.8) is 0 Å². The van der Waals surface area contributed by atoms with Crippen molar-refractivity contribution in [3.8, 4) is 5.75 Å². The molecular formula is C32H33N3O2. The van der Waals surface area contributed by atoms with Crippen LogP contribution in [0.5, 0.6) is 5.75 Å². The molecule has 0 saturated carbocycles. The first kappa shape index (κ1) is 25.8. The fourth-order valence-corrected chi connectivity index (χ4v) is 3.51. The van der Waals surface area contributed by atoms with Crippen LogP contribution in [0.4, 0.5) is 28.4 Å². The second kappa shape index (κ2) is 10.8. The van der Waals surface area contributed by atoms with E-state index in [4.69, 9.17) is 4.74 Å². The maximum atomic E-state index is 12.9. The Morgan fingerprint density at radius 1 is 0.595 bits per heavy atom. The average Bonchev–Trinajstić information content (AvgIpc) is 2.90. The van der Waals surface area contributed by atoms with E-state index in [1.54, 1.807) is 0 Å². The maximum absolute atomic E-state index is 12.9. The molecule has 0 amide bonds. The predicted molar refractivity (Wildman–Crippen MR) is 151 cm³/mol. The van der Waals surface area contributed by atoms with Crippen LogP contribution in [0.3, 0.4) is 0 Å². The third-order valence-corrected chi connectivity index (χ3v) is 6.85. The molecule has 0 spiro atoms. The number of carbonyl (C=O) groups excluding carboxylic acids is 1. The van der Waals surface area contributed by atoms with E-state index in [-0.39, 0.29) is 11.4 Å². The summed E-state index contributed by atoms with van der Waals surface area (Å²) in [7, 11) is 0. The molecule has 4 aromatic rings. The summed E-state index contributed by atoms with van der Waals surface area (Å²) in [5, 5.41) is 8.66. The number of para-hydroxylation sites is 1. The molecule has 0 aliphatic carbocycles. The summed E-state index contributed by atoms with van der Waals surface area (Å²) in [4.78, 5) is 15.0. The molecule has 0 saturated heterocycles. The van der Waals surface area contributed by atoms with Crippen molar-refractivity contribution in [1.82, 2.24) is 0 Å². The van der Waals surface area contributed by atoms with Gasteiger partial charge in [0.1, 0.15) is 5.75 Å². The number of ether oxygens (including phenoxy) is 1. The molecule has 0 bridgehead atoms. The molecule has 0 radical (unpaired) electrons. The number of azo groups is 1. The van der Waals surface area contributed by atoms with E-state index in [1.807, 2.05) is 132 Å². The van der Waals surface area contributed by atoms with Crippen molar-refractivity contribution >= 4 is 34.4 Å². The van der Waals surface area contributed by atoms with Gasteiger partial charge < -0.3 is 9.64 Å². The molecule has 4 aromatic carbocycles. The van der Waals surface area contributed by atoms with E-state index < -0.39 is 5.41 Å². The first-order valence-electron chi connectivity index (χ1n) is 12.4. The highest BCUT2D eigenvalue weighted by atomic mass is 16.5. The number of carbonyl (C=O) groups is 1. The number of rotatable bonds is 7. The zero-order valence-electron chi connectivity index (χ0n) is 22.1. The van der Waals surface area contributed by atoms with Crippen molar-refractivity contribution < 1.29 is 9.53 Å². The van der Waals surface area contributed by atoms with Gasteiger partial charge in [0.2, 0.25) is 0 Å². The van der Waals surface area contributed by atoms with Crippen LogP contribution in [0.25, 0.3) is 0 Å². The Hall–Kier alpha value is -4.25. The lowest BCUT2D eigenvalue weighted by molar-refractivity contribution is -0.150. The number of anilines is 3. The molecule has 37 heavy (non-hydrogen) atoms. The van der Waals surface area contributed by atoms with Crippen LogP contribution < -0.4 is 9.64 Å². The topological polar surface area (TPSA) is 54.3 Å². The fourth-order valence-electron chi connectivity index (χ4n) is 3.51. The Morgan fingerprint density at radius 3 is 1.54 bits per heavy atom. The summed E-state index contributed by atoms with van der Waals surface area (Å²) in [5.74, 6) is 0.281. The summed E-state index contributed by atoms with van der Waals surface area (Å²) in [6.07, 6.45) is 0. The Labute approximate surface area is 219 Å². The minimum absolute atomic E-state index is 0.221. The Kier molecular flexibility index (Phi) is 7.53. The highest BCUT2D eigenvalue weighted by Gasteiger charge is 2.41. The van der Waals surface area contributed by atoms with Crippen molar-refractivity contribution in [2.24, 2.45) is 21.1 Å². The summed E-state index contributed by atoms with van der Waals surface area (Å²) >= 11 is 0. The second-order valence-corrected chi connectivity index (χ2v) is 10.5. The van der Waals surface area contributed by atoms with Gasteiger partial charge in [0, 0.05) is 17.1 Å². The lowest BCUT2D eigenvalue weighted by Crippen LogP contribution is -2.40. The monoisotopic (exact) mass is 491 g/mol. The zero-order valence-corrected chi connectivity index (χ0v) is 22.1. The lowest BCUT2D eigenvalue weighted by atomic mass is 9.69. The smallest absolute Gasteiger partial charge is 0.317 e. The molecule has 0 aromatic heterocycles. The molecule has 4 rings (SSSR count). The number of nitrogens with zero attached hydrogens (tertiary/aromatic N) is 3. The van der Waals surface area contributed by atoms with Crippen LogP contribution in [0, 0.1) is 10.8 Å². The normalized spacial score (nSPS) is 11.9. The molecule has 0 N–H and O–H groups in total. The first-order valence-corrected chi connectivity index (χ1v) is 12.4. The van der Waals surface area contributed by atoms with Gasteiger partial charge in [-0.1, -0.05) is 57.2 Å². The fraction of sp³-hybridized carbons (Fsp3) is 0.219. The molecule has 0 aliphatic heterocycles. The maximum Gasteiger partial charge on any atom is 0.317 e. The Morgan fingerprint density at radius 2 is 1.03 bits per heavy atom. The van der Waals surface area contributed by atoms with E-state index in [0.29, 0.717) is 5.75 Å². The lowest BCUT2D eigenvalue weighted by Gasteiger charge is -2.36. The van der Waals surface area contributed by atoms with Crippen molar-refractivity contribution in [3.05, 3.63) is 109 Å². The molecule has 0 fully saturated rings. The van der Waals surface area contributed by atoms with Crippen LogP contribution in [-0.2, 0) is 4.79 Å². The number of hydrogen-bond donors (Lipinski definition) is 0.